The lowest BCUT2D eigenvalue weighted by Gasteiger charge is -2.37. The van der Waals surface area contributed by atoms with Crippen LogP contribution in [-0.2, 0) is 6.54 Å². The number of nitrogens with zero attached hydrogens (tertiary/aromatic N) is 5. The minimum absolute atomic E-state index is 0.0837. The molecule has 0 bridgehead atoms. The van der Waals surface area contributed by atoms with Crippen molar-refractivity contribution < 1.29 is 4.79 Å². The molecule has 0 saturated carbocycles. The number of carbonyl (C=O) groups excluding carboxylic acids is 1. The largest absolute Gasteiger partial charge is 0.356 e. The second kappa shape index (κ2) is 8.43. The highest BCUT2D eigenvalue weighted by molar-refractivity contribution is 7.17. The molecule has 4 heterocycles. The highest BCUT2D eigenvalue weighted by atomic mass is 32.1. The van der Waals surface area contributed by atoms with Crippen molar-refractivity contribution in [3.05, 3.63) is 41.5 Å². The summed E-state index contributed by atoms with van der Waals surface area (Å²) in [6.45, 7) is 4.08. The Balaban J connectivity index is 1.50. The Labute approximate surface area is 186 Å². The number of aromatic nitrogens is 2. The number of nitrogens with one attached hydrogen (secondary N) is 1. The van der Waals surface area contributed by atoms with Gasteiger partial charge < -0.3 is 20.0 Å². The molecule has 2 aromatic heterocycles. The second-order valence-corrected chi connectivity index (χ2v) is 9.40. The number of anilines is 1. The summed E-state index contributed by atoms with van der Waals surface area (Å²) in [4.78, 5) is 29.6. The zero-order chi connectivity index (χ0) is 21.4. The van der Waals surface area contributed by atoms with Gasteiger partial charge in [-0.25, -0.2) is 14.8 Å². The highest BCUT2D eigenvalue weighted by Crippen LogP contribution is 2.39. The van der Waals surface area contributed by atoms with E-state index in [1.807, 2.05) is 25.1 Å². The summed E-state index contributed by atoms with van der Waals surface area (Å²) >= 11 is 1.69. The minimum atomic E-state index is 0.0837. The standard InChI is InChI=1S/C23H28N6OS/c1-27(2)14-19-25-21(28-11-8-17(9-12-28)29-13-10-24-23(29)30)20-18(15-31-22(20)26-19)16-6-4-3-5-7-16/h3-7,15,17H,8-14H2,1-2H3,(H,24,30). The van der Waals surface area contributed by atoms with Gasteiger partial charge in [0.15, 0.2) is 0 Å². The molecule has 2 aliphatic rings. The van der Waals surface area contributed by atoms with E-state index < -0.39 is 0 Å². The van der Waals surface area contributed by atoms with E-state index >= 15 is 0 Å². The molecule has 2 amide bonds. The van der Waals surface area contributed by atoms with Crippen LogP contribution in [0.5, 0.6) is 0 Å². The van der Waals surface area contributed by atoms with E-state index in [1.165, 1.54) is 11.1 Å². The van der Waals surface area contributed by atoms with Crippen LogP contribution in [0.3, 0.4) is 0 Å². The Hall–Kier alpha value is -2.71. The SMILES string of the molecule is CN(C)Cc1nc(N2CCC(N3CCNC3=O)CC2)c2c(-c3ccccc3)csc2n1. The van der Waals surface area contributed by atoms with Gasteiger partial charge in [0.1, 0.15) is 16.5 Å². The molecular weight excluding hydrogens is 408 g/mol. The van der Waals surface area contributed by atoms with Gasteiger partial charge in [0.05, 0.1) is 11.9 Å². The molecule has 0 spiro atoms. The summed E-state index contributed by atoms with van der Waals surface area (Å²) in [5.74, 6) is 1.89. The van der Waals surface area contributed by atoms with Crippen molar-refractivity contribution in [2.45, 2.75) is 25.4 Å². The van der Waals surface area contributed by atoms with Crippen molar-refractivity contribution in [1.82, 2.24) is 25.1 Å². The lowest BCUT2D eigenvalue weighted by atomic mass is 10.0. The molecule has 7 nitrogen and oxygen atoms in total. The zero-order valence-electron chi connectivity index (χ0n) is 18.0. The number of thiophene rings is 1. The zero-order valence-corrected chi connectivity index (χ0v) is 18.9. The average Bonchev–Trinajstić information content (AvgIpc) is 3.40. The van der Waals surface area contributed by atoms with Crippen molar-refractivity contribution in [2.75, 3.05) is 45.2 Å². The summed E-state index contributed by atoms with van der Waals surface area (Å²) in [5.41, 5.74) is 2.40. The van der Waals surface area contributed by atoms with Crippen molar-refractivity contribution in [3.63, 3.8) is 0 Å². The van der Waals surface area contributed by atoms with Crippen molar-refractivity contribution in [2.24, 2.45) is 0 Å². The fourth-order valence-corrected chi connectivity index (χ4v) is 5.56. The third kappa shape index (κ3) is 3.97. The molecular formula is C23H28N6OS. The number of benzene rings is 1. The Bertz CT molecular complexity index is 1070. The molecule has 8 heteroatoms. The number of rotatable bonds is 5. The maximum absolute atomic E-state index is 12.1. The summed E-state index contributed by atoms with van der Waals surface area (Å²) in [5, 5.41) is 6.29. The van der Waals surface area contributed by atoms with E-state index in [-0.39, 0.29) is 6.03 Å². The Morgan fingerprint density at radius 2 is 1.90 bits per heavy atom. The minimum Gasteiger partial charge on any atom is -0.356 e. The third-order valence-corrected chi connectivity index (χ3v) is 6.97. The Kier molecular flexibility index (Phi) is 5.50. The number of piperidine rings is 1. The van der Waals surface area contributed by atoms with Gasteiger partial charge in [-0.3, -0.25) is 0 Å². The molecule has 2 fully saturated rings. The van der Waals surface area contributed by atoms with Gasteiger partial charge in [-0.15, -0.1) is 11.3 Å². The van der Waals surface area contributed by atoms with Crippen molar-refractivity contribution in [1.29, 1.82) is 0 Å². The molecule has 31 heavy (non-hydrogen) atoms. The summed E-state index contributed by atoms with van der Waals surface area (Å²) in [6, 6.07) is 10.9. The van der Waals surface area contributed by atoms with Crippen LogP contribution >= 0.6 is 11.3 Å². The monoisotopic (exact) mass is 436 g/mol. The molecule has 0 radical (unpaired) electrons. The smallest absolute Gasteiger partial charge is 0.317 e. The van der Waals surface area contributed by atoms with Gasteiger partial charge in [-0.05, 0) is 32.5 Å². The molecule has 162 valence electrons. The first-order valence-corrected chi connectivity index (χ1v) is 11.8. The summed E-state index contributed by atoms with van der Waals surface area (Å²) in [7, 11) is 4.09. The van der Waals surface area contributed by atoms with Crippen LogP contribution in [0.1, 0.15) is 18.7 Å². The van der Waals surface area contributed by atoms with Crippen molar-refractivity contribution >= 4 is 33.4 Å². The van der Waals surface area contributed by atoms with E-state index in [0.717, 1.165) is 60.9 Å². The van der Waals surface area contributed by atoms with Crippen LogP contribution in [0.15, 0.2) is 35.7 Å². The predicted octanol–water partition coefficient (Wildman–Crippen LogP) is 3.41. The first-order chi connectivity index (χ1) is 15.1. The second-order valence-electron chi connectivity index (χ2n) is 8.54. The number of hydrogen-bond acceptors (Lipinski definition) is 6. The lowest BCUT2D eigenvalue weighted by Crippen LogP contribution is -2.46. The van der Waals surface area contributed by atoms with Gasteiger partial charge in [-0.1, -0.05) is 30.3 Å². The maximum Gasteiger partial charge on any atom is 0.317 e. The molecule has 2 aliphatic heterocycles. The first-order valence-electron chi connectivity index (χ1n) is 10.9. The van der Waals surface area contributed by atoms with E-state index in [0.29, 0.717) is 12.6 Å². The third-order valence-electron chi connectivity index (χ3n) is 6.10. The van der Waals surface area contributed by atoms with Gasteiger partial charge in [-0.2, -0.15) is 0 Å². The summed E-state index contributed by atoms with van der Waals surface area (Å²) in [6.07, 6.45) is 1.93. The fraction of sp³-hybridized carbons (Fsp3) is 0.435. The normalized spacial score (nSPS) is 17.7. The number of carbonyl (C=O) groups is 1. The fourth-order valence-electron chi connectivity index (χ4n) is 4.60. The van der Waals surface area contributed by atoms with Crippen LogP contribution < -0.4 is 10.2 Å². The molecule has 0 atom stereocenters. The molecule has 0 aliphatic carbocycles. The van der Waals surface area contributed by atoms with E-state index in [1.54, 1.807) is 11.3 Å². The molecule has 0 unspecified atom stereocenters. The first kappa shape index (κ1) is 20.2. The van der Waals surface area contributed by atoms with E-state index in [9.17, 15) is 4.79 Å². The molecule has 1 aromatic carbocycles. The quantitative estimate of drug-likeness (QED) is 0.664. The van der Waals surface area contributed by atoms with E-state index in [4.69, 9.17) is 9.97 Å². The maximum atomic E-state index is 12.1. The van der Waals surface area contributed by atoms with Gasteiger partial charge in [0.25, 0.3) is 0 Å². The van der Waals surface area contributed by atoms with Crippen molar-refractivity contribution in [3.8, 4) is 11.1 Å². The summed E-state index contributed by atoms with van der Waals surface area (Å²) < 4.78 is 0. The lowest BCUT2D eigenvalue weighted by molar-refractivity contribution is 0.186. The Morgan fingerprint density at radius 1 is 1.13 bits per heavy atom. The Morgan fingerprint density at radius 3 is 2.58 bits per heavy atom. The van der Waals surface area contributed by atoms with Gasteiger partial charge in [0.2, 0.25) is 0 Å². The van der Waals surface area contributed by atoms with Crippen LogP contribution in [-0.4, -0.2) is 72.1 Å². The number of amides is 2. The number of hydrogen-bond donors (Lipinski definition) is 1. The average molecular weight is 437 g/mol. The van der Waals surface area contributed by atoms with Crippen LogP contribution in [0, 0.1) is 0 Å². The van der Waals surface area contributed by atoms with Gasteiger partial charge >= 0.3 is 6.03 Å². The van der Waals surface area contributed by atoms with Crippen LogP contribution in [0.25, 0.3) is 21.3 Å². The molecule has 2 saturated heterocycles. The van der Waals surface area contributed by atoms with E-state index in [2.05, 4.69) is 44.8 Å². The highest BCUT2D eigenvalue weighted by Gasteiger charge is 2.32. The predicted molar refractivity (Wildman–Crippen MR) is 126 cm³/mol. The number of urea groups is 1. The number of fused-ring (bicyclic) bond motifs is 1. The topological polar surface area (TPSA) is 64.6 Å². The van der Waals surface area contributed by atoms with Gasteiger partial charge in [0, 0.05) is 43.2 Å². The van der Waals surface area contributed by atoms with Crippen LogP contribution in [0.2, 0.25) is 0 Å². The van der Waals surface area contributed by atoms with Crippen LogP contribution in [0.4, 0.5) is 10.6 Å². The molecule has 3 aromatic rings. The molecule has 1 N–H and O–H groups in total. The molecule has 5 rings (SSSR count).